The number of anilines is 2. The van der Waals surface area contributed by atoms with Gasteiger partial charge < -0.3 is 9.73 Å². The second kappa shape index (κ2) is 9.55. The maximum atomic E-state index is 12.4. The van der Waals surface area contributed by atoms with E-state index in [4.69, 9.17) is 4.42 Å². The first-order chi connectivity index (χ1) is 13.6. The van der Waals surface area contributed by atoms with E-state index in [2.05, 4.69) is 19.2 Å². The Morgan fingerprint density at radius 1 is 1.11 bits per heavy atom. The second-order valence-electron chi connectivity index (χ2n) is 6.66. The number of nitrogens with zero attached hydrogens (tertiary/aromatic N) is 1. The van der Waals surface area contributed by atoms with Crippen molar-refractivity contribution in [3.8, 4) is 0 Å². The Bertz CT molecular complexity index is 948. The fourth-order valence-corrected chi connectivity index (χ4v) is 4.10. The van der Waals surface area contributed by atoms with Gasteiger partial charge in [-0.3, -0.25) is 9.10 Å². The van der Waals surface area contributed by atoms with Crippen LogP contribution in [0.4, 0.5) is 11.4 Å². The SMILES string of the molecule is CCCC.O=C(Nc1ccc2occc2c1)c1ccc(N2CCCS2=O)cc1. The van der Waals surface area contributed by atoms with Crippen LogP contribution in [-0.4, -0.2) is 22.4 Å². The molecule has 3 aromatic rings. The molecule has 0 spiro atoms. The van der Waals surface area contributed by atoms with Gasteiger partial charge in [0.05, 0.1) is 6.26 Å². The number of nitrogens with one attached hydrogen (secondary N) is 1. The van der Waals surface area contributed by atoms with Crippen LogP contribution in [-0.2, 0) is 11.0 Å². The molecule has 28 heavy (non-hydrogen) atoms. The van der Waals surface area contributed by atoms with Crippen molar-refractivity contribution in [2.75, 3.05) is 21.9 Å². The van der Waals surface area contributed by atoms with Crippen LogP contribution in [0.5, 0.6) is 0 Å². The zero-order valence-corrected chi connectivity index (χ0v) is 17.1. The lowest BCUT2D eigenvalue weighted by atomic mass is 10.1. The van der Waals surface area contributed by atoms with Gasteiger partial charge in [-0.15, -0.1) is 0 Å². The Hall–Kier alpha value is -2.60. The maximum Gasteiger partial charge on any atom is 0.255 e. The average molecular weight is 399 g/mol. The summed E-state index contributed by atoms with van der Waals surface area (Å²) >= 11 is 0. The van der Waals surface area contributed by atoms with E-state index in [-0.39, 0.29) is 5.91 Å². The first-order valence-corrected chi connectivity index (χ1v) is 10.9. The van der Waals surface area contributed by atoms with Crippen molar-refractivity contribution < 1.29 is 13.4 Å². The smallest absolute Gasteiger partial charge is 0.255 e. The lowest BCUT2D eigenvalue weighted by Gasteiger charge is -2.16. The summed E-state index contributed by atoms with van der Waals surface area (Å²) in [5.74, 6) is 0.533. The number of furan rings is 1. The summed E-state index contributed by atoms with van der Waals surface area (Å²) in [5, 5.41) is 3.83. The highest BCUT2D eigenvalue weighted by Crippen LogP contribution is 2.23. The second-order valence-corrected chi connectivity index (χ2v) is 8.15. The van der Waals surface area contributed by atoms with Crippen molar-refractivity contribution >= 4 is 39.2 Å². The molecule has 5 nitrogen and oxygen atoms in total. The summed E-state index contributed by atoms with van der Waals surface area (Å²) in [6, 6.07) is 14.6. The van der Waals surface area contributed by atoms with E-state index in [1.165, 1.54) is 12.8 Å². The molecule has 1 aromatic heterocycles. The molecule has 0 aliphatic carbocycles. The van der Waals surface area contributed by atoms with Crippen molar-refractivity contribution in [1.82, 2.24) is 0 Å². The quantitative estimate of drug-likeness (QED) is 0.643. The number of hydrogen-bond donors (Lipinski definition) is 1. The van der Waals surface area contributed by atoms with Gasteiger partial charge >= 0.3 is 0 Å². The third kappa shape index (κ3) is 4.81. The Morgan fingerprint density at radius 3 is 2.50 bits per heavy atom. The molecule has 1 aliphatic heterocycles. The van der Waals surface area contributed by atoms with Gasteiger partial charge in [0.15, 0.2) is 0 Å². The predicted molar refractivity (Wildman–Crippen MR) is 116 cm³/mol. The van der Waals surface area contributed by atoms with Crippen LogP contribution in [0, 0.1) is 0 Å². The Balaban J connectivity index is 0.000000516. The van der Waals surface area contributed by atoms with Crippen LogP contribution >= 0.6 is 0 Å². The van der Waals surface area contributed by atoms with E-state index >= 15 is 0 Å². The Kier molecular flexibility index (Phi) is 6.87. The van der Waals surface area contributed by atoms with Crippen molar-refractivity contribution in [2.24, 2.45) is 0 Å². The summed E-state index contributed by atoms with van der Waals surface area (Å²) in [6.07, 6.45) is 5.20. The van der Waals surface area contributed by atoms with Crippen molar-refractivity contribution in [1.29, 1.82) is 0 Å². The fraction of sp³-hybridized carbons (Fsp3) is 0.318. The lowest BCUT2D eigenvalue weighted by Crippen LogP contribution is -2.19. The van der Waals surface area contributed by atoms with E-state index in [0.29, 0.717) is 11.3 Å². The molecule has 4 rings (SSSR count). The van der Waals surface area contributed by atoms with Crippen LogP contribution in [0.15, 0.2) is 59.2 Å². The first kappa shape index (κ1) is 20.1. The van der Waals surface area contributed by atoms with Crippen LogP contribution in [0.1, 0.15) is 43.5 Å². The van der Waals surface area contributed by atoms with E-state index < -0.39 is 11.0 Å². The van der Waals surface area contributed by atoms with Gasteiger partial charge in [-0.25, -0.2) is 4.21 Å². The Morgan fingerprint density at radius 2 is 1.86 bits per heavy atom. The minimum atomic E-state index is -0.946. The minimum absolute atomic E-state index is 0.174. The van der Waals surface area contributed by atoms with Crippen LogP contribution < -0.4 is 9.62 Å². The molecule has 2 aromatic carbocycles. The molecular formula is C22H26N2O3S. The molecule has 1 N–H and O–H groups in total. The van der Waals surface area contributed by atoms with Crippen molar-refractivity contribution in [3.05, 3.63) is 60.4 Å². The maximum absolute atomic E-state index is 12.4. The highest BCUT2D eigenvalue weighted by molar-refractivity contribution is 7.86. The van der Waals surface area contributed by atoms with Gasteiger partial charge in [0.1, 0.15) is 16.6 Å². The van der Waals surface area contributed by atoms with E-state index in [9.17, 15) is 9.00 Å². The molecule has 6 heteroatoms. The molecule has 1 amide bonds. The van der Waals surface area contributed by atoms with Crippen molar-refractivity contribution in [2.45, 2.75) is 33.1 Å². The van der Waals surface area contributed by atoms with Gasteiger partial charge in [-0.1, -0.05) is 26.7 Å². The standard InChI is InChI=1S/C18H16N2O3S.C4H10/c21-18(19-15-4-7-17-14(12-15)8-10-23-17)13-2-5-16(6-3-13)20-9-1-11-24(20)22;1-3-4-2/h2-8,10,12H,1,9,11H2,(H,19,21);3-4H2,1-2H3. The molecule has 1 saturated heterocycles. The molecule has 148 valence electrons. The number of carbonyl (C=O) groups is 1. The van der Waals surface area contributed by atoms with Crippen LogP contribution in [0.3, 0.4) is 0 Å². The monoisotopic (exact) mass is 398 g/mol. The molecule has 1 aliphatic rings. The average Bonchev–Trinajstić information content (AvgIpc) is 3.36. The summed E-state index contributed by atoms with van der Waals surface area (Å²) in [6.45, 7) is 5.16. The third-order valence-corrected chi connectivity index (χ3v) is 6.08. The summed E-state index contributed by atoms with van der Waals surface area (Å²) in [7, 11) is -0.946. The number of unbranched alkanes of at least 4 members (excludes halogenated alkanes) is 1. The highest BCUT2D eigenvalue weighted by Gasteiger charge is 2.20. The topological polar surface area (TPSA) is 62.6 Å². The summed E-state index contributed by atoms with van der Waals surface area (Å²) in [5.41, 5.74) is 2.97. The predicted octanol–water partition coefficient (Wildman–Crippen LogP) is 5.37. The third-order valence-electron chi connectivity index (χ3n) is 4.55. The first-order valence-electron chi connectivity index (χ1n) is 9.67. The highest BCUT2D eigenvalue weighted by atomic mass is 32.2. The van der Waals surface area contributed by atoms with Crippen molar-refractivity contribution in [3.63, 3.8) is 0 Å². The number of benzene rings is 2. The zero-order chi connectivity index (χ0) is 19.9. The van der Waals surface area contributed by atoms with E-state index in [1.807, 2.05) is 40.7 Å². The molecule has 2 heterocycles. The largest absolute Gasteiger partial charge is 0.464 e. The number of rotatable bonds is 4. The number of carbonyl (C=O) groups excluding carboxylic acids is 1. The van der Waals surface area contributed by atoms with Gasteiger partial charge in [-0.05, 0) is 55.0 Å². The Labute approximate surface area is 168 Å². The number of fused-ring (bicyclic) bond motifs is 1. The molecular weight excluding hydrogens is 372 g/mol. The van der Waals surface area contributed by atoms with Crippen LogP contribution in [0.25, 0.3) is 11.0 Å². The molecule has 1 fully saturated rings. The summed E-state index contributed by atoms with van der Waals surface area (Å²) < 4.78 is 19.0. The minimum Gasteiger partial charge on any atom is -0.464 e. The van der Waals surface area contributed by atoms with Gasteiger partial charge in [0, 0.05) is 34.6 Å². The zero-order valence-electron chi connectivity index (χ0n) is 16.3. The lowest BCUT2D eigenvalue weighted by molar-refractivity contribution is 0.102. The molecule has 0 radical (unpaired) electrons. The van der Waals surface area contributed by atoms with E-state index in [1.54, 1.807) is 18.4 Å². The number of amides is 1. The molecule has 0 bridgehead atoms. The van der Waals surface area contributed by atoms with Crippen LogP contribution in [0.2, 0.25) is 0 Å². The van der Waals surface area contributed by atoms with Gasteiger partial charge in [-0.2, -0.15) is 0 Å². The fourth-order valence-electron chi connectivity index (χ4n) is 2.82. The van der Waals surface area contributed by atoms with E-state index in [0.717, 1.165) is 35.3 Å². The molecule has 1 atom stereocenters. The summed E-state index contributed by atoms with van der Waals surface area (Å²) in [4.78, 5) is 12.4. The van der Waals surface area contributed by atoms with Gasteiger partial charge in [0.2, 0.25) is 0 Å². The normalized spacial score (nSPS) is 15.9. The molecule has 1 unspecified atom stereocenters. The molecule has 0 saturated carbocycles. The van der Waals surface area contributed by atoms with Gasteiger partial charge in [0.25, 0.3) is 5.91 Å². The number of hydrogen-bond acceptors (Lipinski definition) is 3.